The monoisotopic (exact) mass is 265 g/mol. The van der Waals surface area contributed by atoms with Crippen LogP contribution in [-0.2, 0) is 4.57 Å². The third-order valence-electron chi connectivity index (χ3n) is 3.03. The van der Waals surface area contributed by atoms with Crippen molar-refractivity contribution in [3.05, 3.63) is 0 Å². The standard InChI is InChI=1S/C12H28NOPS/c1-7-13(8-2)9-10-16-15(14,11(3)4)12(5)6/h11-12H,7-10H2,1-6H3. The van der Waals surface area contributed by atoms with Gasteiger partial charge in [0.15, 0.2) is 0 Å². The van der Waals surface area contributed by atoms with Crippen molar-refractivity contribution < 1.29 is 4.57 Å². The third-order valence-corrected chi connectivity index (χ3v) is 11.0. The minimum absolute atomic E-state index is 0.300. The third kappa shape index (κ3) is 4.81. The van der Waals surface area contributed by atoms with Gasteiger partial charge in [0.05, 0.1) is 0 Å². The molecule has 0 bridgehead atoms. The van der Waals surface area contributed by atoms with Gasteiger partial charge in [-0.2, -0.15) is 0 Å². The van der Waals surface area contributed by atoms with Crippen LogP contribution in [0.5, 0.6) is 0 Å². The first kappa shape index (κ1) is 16.5. The van der Waals surface area contributed by atoms with Crippen molar-refractivity contribution in [2.24, 2.45) is 0 Å². The van der Waals surface area contributed by atoms with Gasteiger partial charge in [-0.3, -0.25) is 0 Å². The van der Waals surface area contributed by atoms with Crippen LogP contribution in [0.2, 0.25) is 0 Å². The van der Waals surface area contributed by atoms with Crippen molar-refractivity contribution in [1.82, 2.24) is 4.90 Å². The van der Waals surface area contributed by atoms with Crippen LogP contribution >= 0.6 is 17.7 Å². The summed E-state index contributed by atoms with van der Waals surface area (Å²) >= 11 is 1.71. The summed E-state index contributed by atoms with van der Waals surface area (Å²) < 4.78 is 12.7. The zero-order chi connectivity index (χ0) is 12.8. The molecule has 0 aliphatic rings. The van der Waals surface area contributed by atoms with Gasteiger partial charge < -0.3 is 9.46 Å². The Morgan fingerprint density at radius 2 is 1.50 bits per heavy atom. The highest BCUT2D eigenvalue weighted by Gasteiger charge is 2.30. The van der Waals surface area contributed by atoms with Crippen molar-refractivity contribution in [3.8, 4) is 0 Å². The minimum Gasteiger partial charge on any atom is -0.312 e. The zero-order valence-corrected chi connectivity index (χ0v) is 13.4. The van der Waals surface area contributed by atoms with Crippen LogP contribution in [0.15, 0.2) is 0 Å². The molecule has 0 unspecified atom stereocenters. The Hall–Kier alpha value is 0.540. The molecule has 2 nitrogen and oxygen atoms in total. The highest BCUT2D eigenvalue weighted by molar-refractivity contribution is 8.58. The minimum atomic E-state index is -2.05. The average molecular weight is 265 g/mol. The van der Waals surface area contributed by atoms with E-state index in [1.807, 2.05) is 0 Å². The number of nitrogens with zero attached hydrogens (tertiary/aromatic N) is 1. The fourth-order valence-electron chi connectivity index (χ4n) is 1.75. The van der Waals surface area contributed by atoms with Crippen LogP contribution in [0, 0.1) is 0 Å². The van der Waals surface area contributed by atoms with Crippen molar-refractivity contribution in [2.75, 3.05) is 25.4 Å². The first-order valence-corrected chi connectivity index (χ1v) is 9.78. The van der Waals surface area contributed by atoms with Gasteiger partial charge in [0.2, 0.25) is 0 Å². The van der Waals surface area contributed by atoms with E-state index in [9.17, 15) is 4.57 Å². The summed E-state index contributed by atoms with van der Waals surface area (Å²) in [5.41, 5.74) is 0.600. The van der Waals surface area contributed by atoms with E-state index in [-0.39, 0.29) is 0 Å². The zero-order valence-electron chi connectivity index (χ0n) is 11.7. The molecule has 0 spiro atoms. The molecule has 0 aliphatic heterocycles. The van der Waals surface area contributed by atoms with E-state index < -0.39 is 6.34 Å². The summed E-state index contributed by atoms with van der Waals surface area (Å²) in [6.07, 6.45) is -2.05. The first-order valence-electron chi connectivity index (χ1n) is 6.34. The summed E-state index contributed by atoms with van der Waals surface area (Å²) in [7, 11) is 0. The second-order valence-electron chi connectivity index (χ2n) is 4.69. The molecule has 98 valence electrons. The van der Waals surface area contributed by atoms with E-state index in [1.165, 1.54) is 0 Å². The van der Waals surface area contributed by atoms with Gasteiger partial charge in [-0.1, -0.05) is 52.9 Å². The smallest absolute Gasteiger partial charge is 0.144 e. The fraction of sp³-hybridized carbons (Fsp3) is 1.00. The second-order valence-corrected chi connectivity index (χ2v) is 11.2. The lowest BCUT2D eigenvalue weighted by Crippen LogP contribution is -2.25. The first-order chi connectivity index (χ1) is 7.38. The normalized spacial score (nSPS) is 13.1. The highest BCUT2D eigenvalue weighted by Crippen LogP contribution is 2.65. The highest BCUT2D eigenvalue weighted by atomic mass is 32.7. The summed E-state index contributed by atoms with van der Waals surface area (Å²) in [6.45, 7) is 15.9. The molecule has 16 heavy (non-hydrogen) atoms. The van der Waals surface area contributed by atoms with Gasteiger partial charge in [0.1, 0.15) is 6.34 Å². The van der Waals surface area contributed by atoms with Crippen molar-refractivity contribution >= 4 is 17.7 Å². The van der Waals surface area contributed by atoms with Crippen molar-refractivity contribution in [3.63, 3.8) is 0 Å². The molecule has 0 aromatic carbocycles. The lowest BCUT2D eigenvalue weighted by molar-refractivity contribution is 0.324. The Balaban J connectivity index is 4.20. The van der Waals surface area contributed by atoms with E-state index in [1.54, 1.807) is 11.4 Å². The molecule has 0 radical (unpaired) electrons. The summed E-state index contributed by atoms with van der Waals surface area (Å²) in [6, 6.07) is 0. The summed E-state index contributed by atoms with van der Waals surface area (Å²) in [4.78, 5) is 2.39. The number of rotatable bonds is 8. The quantitative estimate of drug-likeness (QED) is 0.615. The number of hydrogen-bond donors (Lipinski definition) is 0. The Morgan fingerprint density at radius 1 is 1.06 bits per heavy atom. The summed E-state index contributed by atoms with van der Waals surface area (Å²) in [5.74, 6) is 0.995. The van der Waals surface area contributed by atoms with E-state index in [0.29, 0.717) is 11.3 Å². The van der Waals surface area contributed by atoms with Gasteiger partial charge >= 0.3 is 0 Å². The number of hydrogen-bond acceptors (Lipinski definition) is 3. The van der Waals surface area contributed by atoms with E-state index in [0.717, 1.165) is 25.4 Å². The molecule has 0 aromatic rings. The molecule has 0 amide bonds. The van der Waals surface area contributed by atoms with Crippen LogP contribution in [0.25, 0.3) is 0 Å². The molecule has 0 aliphatic carbocycles. The van der Waals surface area contributed by atoms with E-state index in [2.05, 4.69) is 46.4 Å². The lowest BCUT2D eigenvalue weighted by Gasteiger charge is -2.26. The second kappa shape index (κ2) is 7.79. The van der Waals surface area contributed by atoms with Crippen LogP contribution in [0.4, 0.5) is 0 Å². The van der Waals surface area contributed by atoms with E-state index in [4.69, 9.17) is 0 Å². The molecule has 0 fully saturated rings. The van der Waals surface area contributed by atoms with Crippen molar-refractivity contribution in [1.29, 1.82) is 0 Å². The molecule has 0 atom stereocenters. The molecule has 0 heterocycles. The van der Waals surface area contributed by atoms with Crippen LogP contribution in [-0.4, -0.2) is 41.6 Å². The maximum absolute atomic E-state index is 12.7. The molecule has 0 N–H and O–H groups in total. The Kier molecular flexibility index (Phi) is 8.05. The Bertz CT molecular complexity index is 215. The predicted molar refractivity (Wildman–Crippen MR) is 78.1 cm³/mol. The molecule has 0 aromatic heterocycles. The van der Waals surface area contributed by atoms with Crippen LogP contribution in [0.1, 0.15) is 41.5 Å². The molecule has 0 rings (SSSR count). The van der Waals surface area contributed by atoms with Crippen LogP contribution < -0.4 is 0 Å². The van der Waals surface area contributed by atoms with E-state index >= 15 is 0 Å². The molecule has 4 heteroatoms. The Labute approximate surface area is 106 Å². The molecular formula is C12H28NOPS. The molecule has 0 saturated carbocycles. The molecular weight excluding hydrogens is 237 g/mol. The van der Waals surface area contributed by atoms with Gasteiger partial charge in [0.25, 0.3) is 0 Å². The van der Waals surface area contributed by atoms with Gasteiger partial charge in [-0.25, -0.2) is 0 Å². The summed E-state index contributed by atoms with van der Waals surface area (Å²) in [5, 5.41) is 0. The average Bonchev–Trinajstić information content (AvgIpc) is 2.23. The molecule has 0 saturated heterocycles. The van der Waals surface area contributed by atoms with Crippen LogP contribution in [0.3, 0.4) is 0 Å². The Morgan fingerprint density at radius 3 is 1.81 bits per heavy atom. The van der Waals surface area contributed by atoms with Gasteiger partial charge in [0, 0.05) is 23.6 Å². The fourth-order valence-corrected chi connectivity index (χ4v) is 7.05. The maximum Gasteiger partial charge on any atom is 0.144 e. The van der Waals surface area contributed by atoms with Gasteiger partial charge in [-0.15, -0.1) is 0 Å². The van der Waals surface area contributed by atoms with Gasteiger partial charge in [-0.05, 0) is 13.1 Å². The predicted octanol–water partition coefficient (Wildman–Crippen LogP) is 4.16. The largest absolute Gasteiger partial charge is 0.312 e. The SMILES string of the molecule is CCN(CC)CCSP(=O)(C(C)C)C(C)C. The van der Waals surface area contributed by atoms with Crippen molar-refractivity contribution in [2.45, 2.75) is 52.9 Å². The topological polar surface area (TPSA) is 20.3 Å². The maximum atomic E-state index is 12.7. The lowest BCUT2D eigenvalue weighted by atomic mass is 10.5.